The van der Waals surface area contributed by atoms with Crippen LogP contribution in [-0.4, -0.2) is 170 Å². The minimum Gasteiger partial charge on any atom is -0.440 e. The Morgan fingerprint density at radius 1 is 0.767 bits per heavy atom. The molecular weight excluding hydrogens is 809 g/mol. The SMILES string of the molecule is O=C(OC[C@@H]1CN(c2ccc3cc(-c4ccccc4C(F)(F)F)[nH]c(=O)c3c2)C(=O)O1)OC(COCCOCCO)COC(COCCOCCO)COCCOCCO. The van der Waals surface area contributed by atoms with Gasteiger partial charge in [0.1, 0.15) is 12.7 Å². The summed E-state index contributed by atoms with van der Waals surface area (Å²) in [5, 5.41) is 27.1. The molecule has 2 atom stereocenters. The molecular formula is C39H51F3N2O16. The van der Waals surface area contributed by atoms with Crippen molar-refractivity contribution in [3.8, 4) is 11.3 Å². The molecule has 4 N–H and O–H groups in total. The van der Waals surface area contributed by atoms with Crippen molar-refractivity contribution in [3.05, 3.63) is 64.4 Å². The number of ether oxygens (including phenoxy) is 10. The minimum atomic E-state index is -4.65. The third kappa shape index (κ3) is 16.2. The quantitative estimate of drug-likeness (QED) is 0.0582. The highest BCUT2D eigenvalue weighted by Crippen LogP contribution is 2.37. The number of halogens is 3. The fourth-order valence-corrected chi connectivity index (χ4v) is 5.68. The fraction of sp³-hybridized carbons (Fsp3) is 0.564. The van der Waals surface area contributed by atoms with E-state index < -0.39 is 54.5 Å². The number of rotatable bonds is 29. The zero-order valence-electron chi connectivity index (χ0n) is 32.8. The van der Waals surface area contributed by atoms with Gasteiger partial charge in [-0.05, 0) is 29.7 Å². The fourth-order valence-electron chi connectivity index (χ4n) is 5.68. The van der Waals surface area contributed by atoms with E-state index in [0.717, 1.165) is 6.07 Å². The van der Waals surface area contributed by atoms with Crippen molar-refractivity contribution >= 4 is 28.7 Å². The number of aliphatic hydroxyl groups is 3. The van der Waals surface area contributed by atoms with Crippen LogP contribution in [0.4, 0.5) is 28.4 Å². The first-order valence-electron chi connectivity index (χ1n) is 19.1. The number of benzene rings is 2. The Labute approximate surface area is 342 Å². The number of nitrogens with zero attached hydrogens (tertiary/aromatic N) is 1. The van der Waals surface area contributed by atoms with Crippen LogP contribution in [0.25, 0.3) is 22.0 Å². The van der Waals surface area contributed by atoms with Crippen molar-refractivity contribution in [2.45, 2.75) is 24.5 Å². The lowest BCUT2D eigenvalue weighted by molar-refractivity contribution is -0.137. The van der Waals surface area contributed by atoms with E-state index in [1.54, 1.807) is 0 Å². The second-order valence-corrected chi connectivity index (χ2v) is 12.9. The molecule has 1 amide bonds. The number of hydrogen-bond acceptors (Lipinski definition) is 16. The molecule has 0 aliphatic carbocycles. The molecule has 1 saturated heterocycles. The summed E-state index contributed by atoms with van der Waals surface area (Å²) in [6, 6.07) is 10.7. The van der Waals surface area contributed by atoms with Crippen LogP contribution in [0, 0.1) is 0 Å². The van der Waals surface area contributed by atoms with E-state index in [2.05, 4.69) is 4.98 Å². The van der Waals surface area contributed by atoms with E-state index in [1.807, 2.05) is 0 Å². The number of alkyl halides is 3. The van der Waals surface area contributed by atoms with Crippen LogP contribution < -0.4 is 10.5 Å². The van der Waals surface area contributed by atoms with Gasteiger partial charge in [-0.2, -0.15) is 13.2 Å². The van der Waals surface area contributed by atoms with Crippen molar-refractivity contribution in [1.82, 2.24) is 4.98 Å². The lowest BCUT2D eigenvalue weighted by atomic mass is 10.0. The molecule has 0 spiro atoms. The van der Waals surface area contributed by atoms with E-state index in [9.17, 15) is 27.6 Å². The molecule has 21 heteroatoms. The van der Waals surface area contributed by atoms with Gasteiger partial charge in [0, 0.05) is 22.3 Å². The van der Waals surface area contributed by atoms with Crippen LogP contribution in [0.15, 0.2) is 53.3 Å². The van der Waals surface area contributed by atoms with Crippen molar-refractivity contribution < 1.29 is 85.4 Å². The Kier molecular flexibility index (Phi) is 20.9. The van der Waals surface area contributed by atoms with Gasteiger partial charge < -0.3 is 67.7 Å². The molecule has 1 unspecified atom stereocenters. The standard InChI is InChI=1S/C39H51F3N2O16/c40-39(41,42)34-4-2-1-3-32(34)35-19-27-5-6-28(20-33(27)36(48)43-35)44-21-29(59-37(44)49)25-58-38(50)60-31(24-56-18-15-53-12-9-47)26-57-30(22-54-16-13-51-10-7-45)23-55-17-14-52-11-8-46/h1-6,19-20,29-31,45-47H,7-18,21-26H2,(H,43,48)/t29-,31?/m0/s1. The van der Waals surface area contributed by atoms with E-state index in [4.69, 9.17) is 62.7 Å². The Morgan fingerprint density at radius 2 is 1.35 bits per heavy atom. The Balaban J connectivity index is 1.34. The van der Waals surface area contributed by atoms with Crippen molar-refractivity contribution in [2.24, 2.45) is 0 Å². The topological polar surface area (TPSA) is 223 Å². The molecule has 1 aliphatic rings. The summed E-state index contributed by atoms with van der Waals surface area (Å²) in [7, 11) is 0. The number of anilines is 1. The van der Waals surface area contributed by atoms with Gasteiger partial charge in [0.15, 0.2) is 12.2 Å². The van der Waals surface area contributed by atoms with Gasteiger partial charge in [0.05, 0.1) is 118 Å². The Hall–Kier alpha value is -4.42. The summed E-state index contributed by atoms with van der Waals surface area (Å²) in [6.07, 6.45) is -9.13. The molecule has 1 aliphatic heterocycles. The number of carbonyl (C=O) groups is 2. The molecule has 334 valence electrons. The van der Waals surface area contributed by atoms with Crippen molar-refractivity contribution in [1.29, 1.82) is 0 Å². The molecule has 0 radical (unpaired) electrons. The smallest absolute Gasteiger partial charge is 0.440 e. The molecule has 1 aromatic heterocycles. The summed E-state index contributed by atoms with van der Waals surface area (Å²) >= 11 is 0. The molecule has 0 bridgehead atoms. The van der Waals surface area contributed by atoms with Crippen molar-refractivity contribution in [3.63, 3.8) is 0 Å². The predicted molar refractivity (Wildman–Crippen MR) is 205 cm³/mol. The predicted octanol–water partition coefficient (Wildman–Crippen LogP) is 2.52. The third-order valence-corrected chi connectivity index (χ3v) is 8.44. The number of nitrogens with one attached hydrogen (secondary N) is 1. The van der Waals surface area contributed by atoms with Gasteiger partial charge in [-0.1, -0.05) is 24.3 Å². The van der Waals surface area contributed by atoms with Gasteiger partial charge >= 0.3 is 18.4 Å². The van der Waals surface area contributed by atoms with Crippen LogP contribution in [0.5, 0.6) is 0 Å². The third-order valence-electron chi connectivity index (χ3n) is 8.44. The summed E-state index contributed by atoms with van der Waals surface area (Å²) in [6.45, 7) is 0.488. The second kappa shape index (κ2) is 26.0. The van der Waals surface area contributed by atoms with Gasteiger partial charge in [-0.25, -0.2) is 9.59 Å². The number of aliphatic hydroxyl groups excluding tert-OH is 3. The second-order valence-electron chi connectivity index (χ2n) is 12.9. The molecule has 4 rings (SSSR count). The van der Waals surface area contributed by atoms with Crippen LogP contribution >= 0.6 is 0 Å². The van der Waals surface area contributed by atoms with Gasteiger partial charge in [-0.3, -0.25) is 9.69 Å². The van der Waals surface area contributed by atoms with Crippen molar-refractivity contribution in [2.75, 3.05) is 124 Å². The first-order valence-corrected chi connectivity index (χ1v) is 19.1. The monoisotopic (exact) mass is 860 g/mol. The zero-order valence-corrected chi connectivity index (χ0v) is 32.8. The maximum absolute atomic E-state index is 13.7. The largest absolute Gasteiger partial charge is 0.508 e. The van der Waals surface area contributed by atoms with E-state index in [1.165, 1.54) is 47.4 Å². The van der Waals surface area contributed by atoms with E-state index in [0.29, 0.717) is 5.39 Å². The van der Waals surface area contributed by atoms with Gasteiger partial charge in [0.25, 0.3) is 5.56 Å². The molecule has 2 heterocycles. The summed E-state index contributed by atoms with van der Waals surface area (Å²) < 4.78 is 95.5. The number of amides is 1. The number of carbonyl (C=O) groups excluding carboxylic acids is 2. The van der Waals surface area contributed by atoms with Crippen LogP contribution in [-0.2, 0) is 53.5 Å². The average molecular weight is 861 g/mol. The number of fused-ring (bicyclic) bond motifs is 1. The van der Waals surface area contributed by atoms with E-state index >= 15 is 0 Å². The number of H-pyrrole nitrogens is 1. The molecule has 18 nitrogen and oxygen atoms in total. The zero-order chi connectivity index (χ0) is 43.2. The first-order chi connectivity index (χ1) is 29.0. The molecule has 1 fully saturated rings. The van der Waals surface area contributed by atoms with Crippen LogP contribution in [0.1, 0.15) is 5.56 Å². The van der Waals surface area contributed by atoms with Gasteiger partial charge in [-0.15, -0.1) is 0 Å². The maximum atomic E-state index is 13.7. The Bertz CT molecular complexity index is 1780. The summed E-state index contributed by atoms with van der Waals surface area (Å²) in [5.41, 5.74) is -1.53. The highest BCUT2D eigenvalue weighted by Gasteiger charge is 2.35. The normalized spacial score (nSPS) is 14.9. The lowest BCUT2D eigenvalue weighted by Gasteiger charge is -2.23. The maximum Gasteiger partial charge on any atom is 0.508 e. The van der Waals surface area contributed by atoms with Crippen LogP contribution in [0.2, 0.25) is 0 Å². The highest BCUT2D eigenvalue weighted by atomic mass is 19.4. The number of aromatic nitrogens is 1. The molecule has 2 aromatic carbocycles. The highest BCUT2D eigenvalue weighted by molar-refractivity contribution is 5.94. The summed E-state index contributed by atoms with van der Waals surface area (Å²) in [4.78, 5) is 42.6. The molecule has 0 saturated carbocycles. The Morgan fingerprint density at radius 3 is 1.95 bits per heavy atom. The lowest BCUT2D eigenvalue weighted by Crippen LogP contribution is -2.35. The minimum absolute atomic E-state index is 0.0262. The van der Waals surface area contributed by atoms with Gasteiger partial charge in [0.2, 0.25) is 0 Å². The number of cyclic esters (lactones) is 1. The molecule has 3 aromatic rings. The number of hydrogen-bond donors (Lipinski definition) is 4. The van der Waals surface area contributed by atoms with Crippen LogP contribution in [0.3, 0.4) is 0 Å². The number of pyridine rings is 1. The average Bonchev–Trinajstić information content (AvgIpc) is 3.61. The number of aromatic amines is 1. The first kappa shape index (κ1) is 48.2. The molecule has 60 heavy (non-hydrogen) atoms. The summed E-state index contributed by atoms with van der Waals surface area (Å²) in [5.74, 6) is 0. The van der Waals surface area contributed by atoms with E-state index in [-0.39, 0.29) is 135 Å².